The fraction of sp³-hybridized carbons (Fsp3) is 1.00. The van der Waals surface area contributed by atoms with Gasteiger partial charge in [0.05, 0.1) is 19.3 Å². The number of fused-ring (bicyclic) bond motifs is 3. The zero-order chi connectivity index (χ0) is 9.34. The Morgan fingerprint density at radius 2 is 1.86 bits per heavy atom. The maximum absolute atomic E-state index is 10.0. The van der Waals surface area contributed by atoms with Crippen LogP contribution in [-0.2, 0) is 9.47 Å². The van der Waals surface area contributed by atoms with Crippen LogP contribution in [0.4, 0.5) is 0 Å². The fourth-order valence-corrected chi connectivity index (χ4v) is 4.50. The molecule has 1 N–H and O–H groups in total. The molecule has 14 heavy (non-hydrogen) atoms. The molecule has 1 saturated heterocycles. The topological polar surface area (TPSA) is 38.7 Å². The largest absolute Gasteiger partial charge is 0.393 e. The minimum absolute atomic E-state index is 0.0582. The highest BCUT2D eigenvalue weighted by atomic mass is 16.7. The Morgan fingerprint density at radius 3 is 2.64 bits per heavy atom. The van der Waals surface area contributed by atoms with Crippen molar-refractivity contribution in [3.05, 3.63) is 0 Å². The lowest BCUT2D eigenvalue weighted by Crippen LogP contribution is -2.64. The average molecular weight is 196 g/mol. The van der Waals surface area contributed by atoms with E-state index in [0.717, 1.165) is 19.6 Å². The molecule has 3 nitrogen and oxygen atoms in total. The van der Waals surface area contributed by atoms with Gasteiger partial charge in [-0.15, -0.1) is 0 Å². The Hall–Kier alpha value is -0.120. The third kappa shape index (κ3) is 0.668. The molecular formula is C11H16O3. The highest BCUT2D eigenvalue weighted by molar-refractivity contribution is 5.16. The quantitative estimate of drug-likeness (QED) is 0.622. The number of hydrogen-bond donors (Lipinski definition) is 1. The fourth-order valence-electron chi connectivity index (χ4n) is 4.50. The molecule has 1 aliphatic heterocycles. The molecule has 0 aromatic rings. The molecule has 0 amide bonds. The molecule has 78 valence electrons. The summed E-state index contributed by atoms with van der Waals surface area (Å²) in [5, 5.41) is 10.0. The standard InChI is InChI=1S/C11H16O3/c12-10-6-1-2-7-9(10)8(5-6)11(7)13-3-4-14-11/h6-10,12H,1-5H2/t6-,7-,8+,9?,10?/m0/s1. The molecular weight excluding hydrogens is 180 g/mol. The van der Waals surface area contributed by atoms with E-state index in [1.165, 1.54) is 12.8 Å². The molecule has 0 aromatic carbocycles. The van der Waals surface area contributed by atoms with Crippen molar-refractivity contribution < 1.29 is 14.6 Å². The maximum atomic E-state index is 10.0. The molecule has 1 heterocycles. The van der Waals surface area contributed by atoms with Gasteiger partial charge in [0.15, 0.2) is 5.79 Å². The molecule has 2 unspecified atom stereocenters. The molecule has 3 saturated carbocycles. The first kappa shape index (κ1) is 8.08. The van der Waals surface area contributed by atoms with Crippen molar-refractivity contribution in [2.45, 2.75) is 31.2 Å². The van der Waals surface area contributed by atoms with Gasteiger partial charge in [-0.3, -0.25) is 0 Å². The molecule has 4 aliphatic rings. The third-order valence-corrected chi connectivity index (χ3v) is 4.98. The van der Waals surface area contributed by atoms with Crippen LogP contribution in [0.2, 0.25) is 0 Å². The van der Waals surface area contributed by atoms with E-state index in [-0.39, 0.29) is 11.9 Å². The van der Waals surface area contributed by atoms with Crippen LogP contribution < -0.4 is 0 Å². The van der Waals surface area contributed by atoms with Crippen molar-refractivity contribution in [3.8, 4) is 0 Å². The Bertz CT molecular complexity index is 264. The summed E-state index contributed by atoms with van der Waals surface area (Å²) in [6.45, 7) is 1.50. The van der Waals surface area contributed by atoms with Gasteiger partial charge in [0.1, 0.15) is 0 Å². The van der Waals surface area contributed by atoms with Crippen molar-refractivity contribution in [2.24, 2.45) is 23.7 Å². The first-order valence-corrected chi connectivity index (χ1v) is 5.79. The summed E-state index contributed by atoms with van der Waals surface area (Å²) in [6.07, 6.45) is 3.44. The van der Waals surface area contributed by atoms with Crippen LogP contribution in [-0.4, -0.2) is 30.2 Å². The monoisotopic (exact) mass is 196 g/mol. The van der Waals surface area contributed by atoms with E-state index < -0.39 is 0 Å². The highest BCUT2D eigenvalue weighted by Gasteiger charge is 2.72. The number of ether oxygens (including phenoxy) is 2. The summed E-state index contributed by atoms with van der Waals surface area (Å²) in [7, 11) is 0. The maximum Gasteiger partial charge on any atom is 0.174 e. The lowest BCUT2D eigenvalue weighted by atomic mass is 9.58. The van der Waals surface area contributed by atoms with Gasteiger partial charge in [0, 0.05) is 17.8 Å². The normalized spacial score (nSPS) is 57.6. The van der Waals surface area contributed by atoms with E-state index in [0.29, 0.717) is 23.7 Å². The molecule has 5 atom stereocenters. The van der Waals surface area contributed by atoms with E-state index in [9.17, 15) is 5.11 Å². The first-order valence-electron chi connectivity index (χ1n) is 5.79. The van der Waals surface area contributed by atoms with Gasteiger partial charge in [-0.1, -0.05) is 0 Å². The van der Waals surface area contributed by atoms with Crippen molar-refractivity contribution in [1.29, 1.82) is 0 Å². The van der Waals surface area contributed by atoms with Crippen molar-refractivity contribution in [3.63, 3.8) is 0 Å². The van der Waals surface area contributed by atoms with Crippen LogP contribution in [0.25, 0.3) is 0 Å². The van der Waals surface area contributed by atoms with Gasteiger partial charge in [-0.25, -0.2) is 0 Å². The van der Waals surface area contributed by atoms with Crippen LogP contribution in [0.15, 0.2) is 0 Å². The molecule has 1 spiro atoms. The van der Waals surface area contributed by atoms with E-state index in [1.54, 1.807) is 0 Å². The molecule has 4 rings (SSSR count). The third-order valence-electron chi connectivity index (χ3n) is 4.98. The molecule has 3 heteroatoms. The first-order chi connectivity index (χ1) is 6.83. The van der Waals surface area contributed by atoms with Crippen LogP contribution in [0.1, 0.15) is 19.3 Å². The second-order valence-corrected chi connectivity index (χ2v) is 5.27. The number of aliphatic hydroxyl groups is 1. The minimum Gasteiger partial charge on any atom is -0.393 e. The molecule has 0 aromatic heterocycles. The molecule has 2 bridgehead atoms. The zero-order valence-electron chi connectivity index (χ0n) is 8.19. The number of hydrogen-bond acceptors (Lipinski definition) is 3. The summed E-state index contributed by atoms with van der Waals surface area (Å²) in [6, 6.07) is 0. The van der Waals surface area contributed by atoms with Crippen molar-refractivity contribution in [1.82, 2.24) is 0 Å². The summed E-state index contributed by atoms with van der Waals surface area (Å²) in [5.41, 5.74) is 0. The second-order valence-electron chi connectivity index (χ2n) is 5.27. The summed E-state index contributed by atoms with van der Waals surface area (Å²) < 4.78 is 11.7. The van der Waals surface area contributed by atoms with Crippen LogP contribution in [0, 0.1) is 23.7 Å². The van der Waals surface area contributed by atoms with Gasteiger partial charge in [0.2, 0.25) is 0 Å². The SMILES string of the molecule is OC1C2[C@H]3C[C@@H]1CC[C@@H]2C31OCCO1. The van der Waals surface area contributed by atoms with Gasteiger partial charge >= 0.3 is 0 Å². The van der Waals surface area contributed by atoms with E-state index in [4.69, 9.17) is 9.47 Å². The lowest BCUT2D eigenvalue weighted by molar-refractivity contribution is -0.323. The van der Waals surface area contributed by atoms with E-state index in [2.05, 4.69) is 0 Å². The number of rotatable bonds is 0. The molecule has 0 radical (unpaired) electrons. The summed E-state index contributed by atoms with van der Waals surface area (Å²) in [4.78, 5) is 0. The average Bonchev–Trinajstić information content (AvgIpc) is 2.65. The van der Waals surface area contributed by atoms with E-state index >= 15 is 0 Å². The van der Waals surface area contributed by atoms with Crippen LogP contribution >= 0.6 is 0 Å². The van der Waals surface area contributed by atoms with E-state index in [1.807, 2.05) is 0 Å². The molecule has 4 fully saturated rings. The molecule has 3 aliphatic carbocycles. The van der Waals surface area contributed by atoms with Crippen LogP contribution in [0.3, 0.4) is 0 Å². The van der Waals surface area contributed by atoms with Gasteiger partial charge in [0.25, 0.3) is 0 Å². The van der Waals surface area contributed by atoms with Gasteiger partial charge in [-0.2, -0.15) is 0 Å². The number of aliphatic hydroxyl groups excluding tert-OH is 1. The Balaban J connectivity index is 1.74. The highest BCUT2D eigenvalue weighted by Crippen LogP contribution is 2.67. The second kappa shape index (κ2) is 2.34. The zero-order valence-corrected chi connectivity index (χ0v) is 8.19. The smallest absolute Gasteiger partial charge is 0.174 e. The lowest BCUT2D eigenvalue weighted by Gasteiger charge is -2.56. The van der Waals surface area contributed by atoms with Crippen molar-refractivity contribution in [2.75, 3.05) is 13.2 Å². The summed E-state index contributed by atoms with van der Waals surface area (Å²) >= 11 is 0. The Labute approximate surface area is 83.4 Å². The predicted octanol–water partition coefficient (Wildman–Crippen LogP) is 0.766. The predicted molar refractivity (Wildman–Crippen MR) is 48.5 cm³/mol. The Kier molecular flexibility index (Phi) is 1.35. The van der Waals surface area contributed by atoms with Crippen LogP contribution in [0.5, 0.6) is 0 Å². The Morgan fingerprint density at radius 1 is 1.07 bits per heavy atom. The van der Waals surface area contributed by atoms with Gasteiger partial charge in [-0.05, 0) is 25.2 Å². The van der Waals surface area contributed by atoms with Gasteiger partial charge < -0.3 is 14.6 Å². The summed E-state index contributed by atoms with van der Waals surface area (Å²) in [5.74, 6) is 1.76. The minimum atomic E-state index is -0.253. The van der Waals surface area contributed by atoms with Crippen molar-refractivity contribution >= 4 is 0 Å².